The molecule has 0 atom stereocenters. The molecule has 0 saturated heterocycles. The van der Waals surface area contributed by atoms with E-state index in [1.165, 1.54) is 18.4 Å². The van der Waals surface area contributed by atoms with Gasteiger partial charge in [-0.1, -0.05) is 0 Å². The maximum absolute atomic E-state index is 12.4. The van der Waals surface area contributed by atoms with Crippen molar-refractivity contribution in [1.29, 1.82) is 0 Å². The van der Waals surface area contributed by atoms with Gasteiger partial charge < -0.3 is 15.1 Å². The Balaban J connectivity index is 1.51. The summed E-state index contributed by atoms with van der Waals surface area (Å²) >= 11 is 0. The molecule has 0 aromatic carbocycles. The van der Waals surface area contributed by atoms with Gasteiger partial charge in [-0.2, -0.15) is 0 Å². The molecule has 6 heteroatoms. The number of amides is 1. The summed E-state index contributed by atoms with van der Waals surface area (Å²) in [4.78, 5) is 19.6. The Labute approximate surface area is 160 Å². The van der Waals surface area contributed by atoms with Crippen LogP contribution >= 0.6 is 0 Å². The Morgan fingerprint density at radius 1 is 1.30 bits per heavy atom. The van der Waals surface area contributed by atoms with Gasteiger partial charge in [0.25, 0.3) is 5.91 Å². The van der Waals surface area contributed by atoms with E-state index in [0.29, 0.717) is 5.56 Å². The molecule has 27 heavy (non-hydrogen) atoms. The normalized spacial score (nSPS) is 17.3. The minimum absolute atomic E-state index is 0.0734. The first-order valence-electron chi connectivity index (χ1n) is 9.89. The van der Waals surface area contributed by atoms with E-state index in [2.05, 4.69) is 21.6 Å². The van der Waals surface area contributed by atoms with E-state index in [9.17, 15) is 4.79 Å². The van der Waals surface area contributed by atoms with Crippen LogP contribution in [0.2, 0.25) is 0 Å². The van der Waals surface area contributed by atoms with Gasteiger partial charge in [-0.3, -0.25) is 9.69 Å². The molecule has 2 aromatic rings. The highest BCUT2D eigenvalue weighted by atomic mass is 16.3. The highest BCUT2D eigenvalue weighted by Crippen LogP contribution is 2.30. The summed E-state index contributed by atoms with van der Waals surface area (Å²) in [5, 5.41) is 6.16. The molecule has 3 heterocycles. The van der Waals surface area contributed by atoms with Crippen LogP contribution in [-0.2, 0) is 19.4 Å². The quantitative estimate of drug-likeness (QED) is 0.820. The number of aromatic nitrogens is 1. The molecule has 144 valence electrons. The van der Waals surface area contributed by atoms with Crippen molar-refractivity contribution in [3.05, 3.63) is 46.5 Å². The monoisotopic (exact) mass is 368 g/mol. The first kappa shape index (κ1) is 18.0. The van der Waals surface area contributed by atoms with Crippen LogP contribution in [-0.4, -0.2) is 42.5 Å². The summed E-state index contributed by atoms with van der Waals surface area (Å²) in [5.41, 5.74) is 2.95. The predicted molar refractivity (Wildman–Crippen MR) is 105 cm³/mol. The number of carbonyl (C=O) groups excluding carboxylic acids is 1. The molecule has 1 aliphatic carbocycles. The van der Waals surface area contributed by atoms with E-state index in [0.717, 1.165) is 68.0 Å². The van der Waals surface area contributed by atoms with Gasteiger partial charge in [0.2, 0.25) is 0 Å². The number of nitrogens with zero attached hydrogens (tertiary/aromatic N) is 2. The fourth-order valence-electron chi connectivity index (χ4n) is 3.63. The predicted octanol–water partition coefficient (Wildman–Crippen LogP) is 2.77. The maximum Gasteiger partial charge on any atom is 0.254 e. The Morgan fingerprint density at radius 3 is 2.81 bits per heavy atom. The van der Waals surface area contributed by atoms with Gasteiger partial charge >= 0.3 is 0 Å². The molecule has 2 aliphatic rings. The molecule has 2 N–H and O–H groups in total. The molecule has 0 radical (unpaired) electrons. The molecular weight excluding hydrogens is 340 g/mol. The van der Waals surface area contributed by atoms with Crippen LogP contribution in [0.4, 0.5) is 5.82 Å². The lowest BCUT2D eigenvalue weighted by atomic mass is 10.1. The van der Waals surface area contributed by atoms with Crippen LogP contribution in [0.15, 0.2) is 22.6 Å². The molecule has 1 saturated carbocycles. The molecule has 0 spiro atoms. The average molecular weight is 368 g/mol. The first-order chi connectivity index (χ1) is 13.1. The van der Waals surface area contributed by atoms with Crippen molar-refractivity contribution in [3.63, 3.8) is 0 Å². The van der Waals surface area contributed by atoms with Gasteiger partial charge in [-0.15, -0.1) is 0 Å². The van der Waals surface area contributed by atoms with Gasteiger partial charge in [0.1, 0.15) is 17.3 Å². The molecular formula is C21H28N4O2. The third kappa shape index (κ3) is 4.33. The number of hydrogen-bond donors (Lipinski definition) is 2. The number of anilines is 1. The number of aryl methyl sites for hydroxylation is 1. The Kier molecular flexibility index (Phi) is 5.16. The summed E-state index contributed by atoms with van der Waals surface area (Å²) in [5.74, 6) is 3.34. The summed E-state index contributed by atoms with van der Waals surface area (Å²) in [7, 11) is 1.67. The lowest BCUT2D eigenvalue weighted by molar-refractivity contribution is 0.0963. The number of hydrogen-bond acceptors (Lipinski definition) is 5. The van der Waals surface area contributed by atoms with Crippen molar-refractivity contribution in [2.24, 2.45) is 5.92 Å². The third-order valence-corrected chi connectivity index (χ3v) is 5.46. The van der Waals surface area contributed by atoms with Crippen LogP contribution in [0.1, 0.15) is 46.0 Å². The number of rotatable bonds is 6. The van der Waals surface area contributed by atoms with Crippen molar-refractivity contribution >= 4 is 11.7 Å². The fraction of sp³-hybridized carbons (Fsp3) is 0.524. The van der Waals surface area contributed by atoms with E-state index in [1.54, 1.807) is 7.05 Å². The van der Waals surface area contributed by atoms with Crippen molar-refractivity contribution in [1.82, 2.24) is 15.2 Å². The summed E-state index contributed by atoms with van der Waals surface area (Å²) in [6.45, 7) is 5.58. The van der Waals surface area contributed by atoms with Crippen LogP contribution in [0, 0.1) is 12.8 Å². The zero-order chi connectivity index (χ0) is 18.8. The zero-order valence-electron chi connectivity index (χ0n) is 16.2. The lowest BCUT2D eigenvalue weighted by Crippen LogP contribution is -2.25. The van der Waals surface area contributed by atoms with Crippen molar-refractivity contribution in [2.45, 2.75) is 39.2 Å². The molecule has 4 rings (SSSR count). The van der Waals surface area contributed by atoms with Gasteiger partial charge in [0, 0.05) is 38.8 Å². The maximum atomic E-state index is 12.4. The molecule has 2 aromatic heterocycles. The minimum atomic E-state index is -0.0734. The Bertz CT molecular complexity index is 826. The molecule has 6 nitrogen and oxygen atoms in total. The average Bonchev–Trinajstić information content (AvgIpc) is 3.44. The van der Waals surface area contributed by atoms with Gasteiger partial charge in [-0.05, 0) is 55.9 Å². The number of pyridine rings is 1. The summed E-state index contributed by atoms with van der Waals surface area (Å²) in [6.07, 6.45) is 4.33. The highest BCUT2D eigenvalue weighted by Gasteiger charge is 2.24. The van der Waals surface area contributed by atoms with Crippen LogP contribution in [0.25, 0.3) is 0 Å². The number of fused-ring (bicyclic) bond motifs is 1. The zero-order valence-corrected chi connectivity index (χ0v) is 16.2. The van der Waals surface area contributed by atoms with E-state index >= 15 is 0 Å². The largest absolute Gasteiger partial charge is 0.465 e. The van der Waals surface area contributed by atoms with E-state index in [1.807, 2.05) is 19.1 Å². The summed E-state index contributed by atoms with van der Waals surface area (Å²) in [6, 6.07) is 6.10. The second-order valence-electron chi connectivity index (χ2n) is 7.68. The van der Waals surface area contributed by atoms with Gasteiger partial charge in [-0.25, -0.2) is 4.98 Å². The smallest absolute Gasteiger partial charge is 0.254 e. The Morgan fingerprint density at radius 2 is 2.11 bits per heavy atom. The van der Waals surface area contributed by atoms with E-state index < -0.39 is 0 Å². The second kappa shape index (κ2) is 7.72. The van der Waals surface area contributed by atoms with Crippen LogP contribution < -0.4 is 10.6 Å². The number of nitrogens with one attached hydrogen (secondary N) is 2. The second-order valence-corrected chi connectivity index (χ2v) is 7.68. The third-order valence-electron chi connectivity index (χ3n) is 5.46. The SMILES string of the molecule is CNC(=O)c1cc2c(nc1NCC1CC1)CCN(Cc1ccc(C)o1)CC2. The Hall–Kier alpha value is -2.34. The molecule has 1 aliphatic heterocycles. The van der Waals surface area contributed by atoms with Crippen molar-refractivity contribution < 1.29 is 9.21 Å². The first-order valence-corrected chi connectivity index (χ1v) is 9.89. The van der Waals surface area contributed by atoms with E-state index in [4.69, 9.17) is 9.40 Å². The van der Waals surface area contributed by atoms with Crippen molar-refractivity contribution in [3.8, 4) is 0 Å². The van der Waals surface area contributed by atoms with Gasteiger partial charge in [0.15, 0.2) is 0 Å². The molecule has 0 unspecified atom stereocenters. The van der Waals surface area contributed by atoms with Crippen molar-refractivity contribution in [2.75, 3.05) is 32.0 Å². The van der Waals surface area contributed by atoms with E-state index in [-0.39, 0.29) is 5.91 Å². The number of furan rings is 1. The summed E-state index contributed by atoms with van der Waals surface area (Å²) < 4.78 is 5.73. The molecule has 1 amide bonds. The molecule has 0 bridgehead atoms. The minimum Gasteiger partial charge on any atom is -0.465 e. The lowest BCUT2D eigenvalue weighted by Gasteiger charge is -2.17. The van der Waals surface area contributed by atoms with Gasteiger partial charge in [0.05, 0.1) is 12.1 Å². The number of carbonyl (C=O) groups is 1. The fourth-order valence-corrected chi connectivity index (χ4v) is 3.63. The molecule has 1 fully saturated rings. The highest BCUT2D eigenvalue weighted by molar-refractivity contribution is 5.98. The topological polar surface area (TPSA) is 70.4 Å². The van der Waals surface area contributed by atoms with Crippen LogP contribution in [0.5, 0.6) is 0 Å². The van der Waals surface area contributed by atoms with Crippen LogP contribution in [0.3, 0.4) is 0 Å². The standard InChI is InChI=1S/C21H28N4O2/c1-14-3-6-17(27-14)13-25-9-7-16-11-18(21(26)22-2)20(23-12-15-4-5-15)24-19(16)8-10-25/h3,6,11,15H,4-5,7-10,12-13H2,1-2H3,(H,22,26)(H,23,24).